The fourth-order valence-corrected chi connectivity index (χ4v) is 4.13. The first-order valence-corrected chi connectivity index (χ1v) is 9.17. The summed E-state index contributed by atoms with van der Waals surface area (Å²) in [5.41, 5.74) is 0. The van der Waals surface area contributed by atoms with Crippen molar-refractivity contribution in [2.75, 3.05) is 50.9 Å². The standard InChI is InChI=1S/C13H24ClN3O3S/c1-3-4-15-13(18)10-16-5-7-17(8-6-16)21(19,20)11-12(2)9-14/h3,12H,1,4-11H2,2H3,(H,15,18). The van der Waals surface area contributed by atoms with Crippen LogP contribution in [0.3, 0.4) is 0 Å². The zero-order chi connectivity index (χ0) is 15.9. The fourth-order valence-electron chi connectivity index (χ4n) is 2.12. The number of piperazine rings is 1. The lowest BCUT2D eigenvalue weighted by atomic mass is 10.3. The number of sulfonamides is 1. The molecule has 21 heavy (non-hydrogen) atoms. The van der Waals surface area contributed by atoms with E-state index >= 15 is 0 Å². The smallest absolute Gasteiger partial charge is 0.234 e. The third kappa shape index (κ3) is 6.34. The van der Waals surface area contributed by atoms with Crippen molar-refractivity contribution in [2.24, 2.45) is 5.92 Å². The number of nitrogens with one attached hydrogen (secondary N) is 1. The Labute approximate surface area is 132 Å². The highest BCUT2D eigenvalue weighted by Crippen LogP contribution is 2.12. The predicted molar refractivity (Wildman–Crippen MR) is 84.9 cm³/mol. The molecule has 1 saturated heterocycles. The van der Waals surface area contributed by atoms with E-state index in [0.29, 0.717) is 45.1 Å². The third-order valence-corrected chi connectivity index (χ3v) is 5.96. The van der Waals surface area contributed by atoms with Crippen molar-refractivity contribution < 1.29 is 13.2 Å². The Hall–Kier alpha value is -0.630. The second-order valence-corrected chi connectivity index (χ2v) is 7.63. The Balaban J connectivity index is 2.41. The molecule has 1 N–H and O–H groups in total. The number of carbonyl (C=O) groups is 1. The molecule has 0 aromatic carbocycles. The van der Waals surface area contributed by atoms with Gasteiger partial charge in [0.1, 0.15) is 0 Å². The fraction of sp³-hybridized carbons (Fsp3) is 0.769. The quantitative estimate of drug-likeness (QED) is 0.504. The lowest BCUT2D eigenvalue weighted by molar-refractivity contribution is -0.122. The number of hydrogen-bond acceptors (Lipinski definition) is 4. The highest BCUT2D eigenvalue weighted by molar-refractivity contribution is 7.89. The van der Waals surface area contributed by atoms with Crippen LogP contribution in [0.25, 0.3) is 0 Å². The zero-order valence-corrected chi connectivity index (χ0v) is 14.0. The second-order valence-electron chi connectivity index (χ2n) is 5.31. The van der Waals surface area contributed by atoms with E-state index in [2.05, 4.69) is 11.9 Å². The lowest BCUT2D eigenvalue weighted by Gasteiger charge is -2.33. The van der Waals surface area contributed by atoms with Gasteiger partial charge in [0.2, 0.25) is 15.9 Å². The molecule has 0 radical (unpaired) electrons. The zero-order valence-electron chi connectivity index (χ0n) is 12.4. The number of amides is 1. The minimum Gasteiger partial charge on any atom is -0.352 e. The molecule has 1 rings (SSSR count). The van der Waals surface area contributed by atoms with Gasteiger partial charge in [-0.1, -0.05) is 13.0 Å². The molecule has 122 valence electrons. The van der Waals surface area contributed by atoms with Crippen LogP contribution in [0.15, 0.2) is 12.7 Å². The molecule has 0 aromatic heterocycles. The summed E-state index contributed by atoms with van der Waals surface area (Å²) in [7, 11) is -3.25. The molecule has 6 nitrogen and oxygen atoms in total. The van der Waals surface area contributed by atoms with Crippen molar-refractivity contribution in [3.05, 3.63) is 12.7 Å². The van der Waals surface area contributed by atoms with Gasteiger partial charge < -0.3 is 5.32 Å². The van der Waals surface area contributed by atoms with Crippen LogP contribution in [-0.2, 0) is 14.8 Å². The molecule has 1 amide bonds. The first-order valence-electron chi connectivity index (χ1n) is 7.02. The average Bonchev–Trinajstić information content (AvgIpc) is 2.45. The van der Waals surface area contributed by atoms with Crippen molar-refractivity contribution in [3.63, 3.8) is 0 Å². The van der Waals surface area contributed by atoms with Gasteiger partial charge in [0.15, 0.2) is 0 Å². The largest absolute Gasteiger partial charge is 0.352 e. The van der Waals surface area contributed by atoms with Crippen molar-refractivity contribution in [2.45, 2.75) is 6.92 Å². The van der Waals surface area contributed by atoms with Gasteiger partial charge in [-0.25, -0.2) is 8.42 Å². The van der Waals surface area contributed by atoms with Gasteiger partial charge in [-0.05, 0) is 5.92 Å². The van der Waals surface area contributed by atoms with E-state index in [0.717, 1.165) is 0 Å². The molecular formula is C13H24ClN3O3S. The molecule has 1 atom stereocenters. The minimum atomic E-state index is -3.25. The molecule has 1 fully saturated rings. The van der Waals surface area contributed by atoms with Crippen LogP contribution in [0.5, 0.6) is 0 Å². The van der Waals surface area contributed by atoms with Crippen LogP contribution >= 0.6 is 11.6 Å². The Morgan fingerprint density at radius 2 is 2.00 bits per heavy atom. The van der Waals surface area contributed by atoms with Gasteiger partial charge in [-0.3, -0.25) is 9.69 Å². The van der Waals surface area contributed by atoms with Crippen LogP contribution in [0.4, 0.5) is 0 Å². The van der Waals surface area contributed by atoms with E-state index in [1.165, 1.54) is 4.31 Å². The van der Waals surface area contributed by atoms with Crippen molar-refractivity contribution in [3.8, 4) is 0 Å². The second kappa shape index (κ2) is 8.73. The first-order chi connectivity index (χ1) is 9.89. The van der Waals surface area contributed by atoms with Gasteiger partial charge in [-0.15, -0.1) is 18.2 Å². The topological polar surface area (TPSA) is 69.7 Å². The third-order valence-electron chi connectivity index (χ3n) is 3.29. The van der Waals surface area contributed by atoms with E-state index in [1.54, 1.807) is 6.08 Å². The van der Waals surface area contributed by atoms with Crippen molar-refractivity contribution in [1.29, 1.82) is 0 Å². The molecule has 0 aliphatic carbocycles. The molecule has 1 aliphatic rings. The number of halogens is 1. The van der Waals surface area contributed by atoms with Crippen LogP contribution < -0.4 is 5.32 Å². The van der Waals surface area contributed by atoms with Gasteiger partial charge in [0, 0.05) is 38.6 Å². The highest BCUT2D eigenvalue weighted by Gasteiger charge is 2.28. The number of alkyl halides is 1. The Morgan fingerprint density at radius 3 is 2.52 bits per heavy atom. The molecular weight excluding hydrogens is 314 g/mol. The molecule has 1 aliphatic heterocycles. The Morgan fingerprint density at radius 1 is 1.38 bits per heavy atom. The summed E-state index contributed by atoms with van der Waals surface area (Å²) >= 11 is 5.68. The molecule has 0 spiro atoms. The maximum absolute atomic E-state index is 12.2. The Kier molecular flexibility index (Phi) is 7.65. The summed E-state index contributed by atoms with van der Waals surface area (Å²) < 4.78 is 25.9. The summed E-state index contributed by atoms with van der Waals surface area (Å²) in [5, 5.41) is 2.71. The van der Waals surface area contributed by atoms with Crippen LogP contribution in [-0.4, -0.2) is 74.4 Å². The Bertz CT molecular complexity index is 448. The van der Waals surface area contributed by atoms with Crippen molar-refractivity contribution in [1.82, 2.24) is 14.5 Å². The minimum absolute atomic E-state index is 0.0561. The van der Waals surface area contributed by atoms with E-state index in [1.807, 2.05) is 11.8 Å². The van der Waals surface area contributed by atoms with Crippen LogP contribution in [0.1, 0.15) is 6.92 Å². The van der Waals surface area contributed by atoms with Gasteiger partial charge in [-0.2, -0.15) is 4.31 Å². The van der Waals surface area contributed by atoms with Gasteiger partial charge in [0.25, 0.3) is 0 Å². The molecule has 1 unspecified atom stereocenters. The molecule has 0 bridgehead atoms. The van der Waals surface area contributed by atoms with Gasteiger partial charge >= 0.3 is 0 Å². The summed E-state index contributed by atoms with van der Waals surface area (Å²) in [5.74, 6) is 0.292. The number of carbonyl (C=O) groups excluding carboxylic acids is 1. The maximum atomic E-state index is 12.2. The highest BCUT2D eigenvalue weighted by atomic mass is 35.5. The number of rotatable bonds is 8. The van der Waals surface area contributed by atoms with Gasteiger partial charge in [0.05, 0.1) is 12.3 Å². The maximum Gasteiger partial charge on any atom is 0.234 e. The number of hydrogen-bond donors (Lipinski definition) is 1. The normalized spacial score (nSPS) is 19.1. The molecule has 0 aromatic rings. The van der Waals surface area contributed by atoms with Crippen LogP contribution in [0.2, 0.25) is 0 Å². The molecule has 8 heteroatoms. The van der Waals surface area contributed by atoms with E-state index < -0.39 is 10.0 Å². The predicted octanol–water partition coefficient (Wildman–Crippen LogP) is 0.111. The lowest BCUT2D eigenvalue weighted by Crippen LogP contribution is -2.51. The SMILES string of the molecule is C=CCNC(=O)CN1CCN(S(=O)(=O)CC(C)CCl)CC1. The first kappa shape index (κ1) is 18.4. The van der Waals surface area contributed by atoms with E-state index in [9.17, 15) is 13.2 Å². The molecule has 1 heterocycles. The van der Waals surface area contributed by atoms with Crippen molar-refractivity contribution >= 4 is 27.5 Å². The number of nitrogens with zero attached hydrogens (tertiary/aromatic N) is 2. The summed E-state index contributed by atoms with van der Waals surface area (Å²) in [6.45, 7) is 8.08. The average molecular weight is 338 g/mol. The van der Waals surface area contributed by atoms with E-state index in [-0.39, 0.29) is 17.6 Å². The molecule has 0 saturated carbocycles. The summed E-state index contributed by atoms with van der Waals surface area (Å²) in [4.78, 5) is 13.5. The summed E-state index contributed by atoms with van der Waals surface area (Å²) in [6.07, 6.45) is 1.63. The van der Waals surface area contributed by atoms with Crippen LogP contribution in [0, 0.1) is 5.92 Å². The monoisotopic (exact) mass is 337 g/mol. The summed E-state index contributed by atoms with van der Waals surface area (Å²) in [6, 6.07) is 0. The van der Waals surface area contributed by atoms with E-state index in [4.69, 9.17) is 11.6 Å².